The number of hydrogen-bond acceptors (Lipinski definition) is 6. The van der Waals surface area contributed by atoms with Crippen LogP contribution < -0.4 is 4.84 Å². The molecular weight excluding hydrogens is 297 g/mol. The third kappa shape index (κ3) is 3.52. The van der Waals surface area contributed by atoms with Gasteiger partial charge in [-0.15, -0.1) is 5.10 Å². The lowest BCUT2D eigenvalue weighted by atomic mass is 9.75. The van der Waals surface area contributed by atoms with E-state index in [-0.39, 0.29) is 12.4 Å². The molecule has 0 aliphatic carbocycles. The second-order valence-corrected chi connectivity index (χ2v) is 6.77. The lowest BCUT2D eigenvalue weighted by molar-refractivity contribution is -0.159. The van der Waals surface area contributed by atoms with Crippen LogP contribution in [-0.4, -0.2) is 35.1 Å². The Morgan fingerprint density at radius 2 is 1.74 bits per heavy atom. The Balaban J connectivity index is 2.17. The van der Waals surface area contributed by atoms with E-state index in [1.807, 2.05) is 12.1 Å². The minimum Gasteiger partial charge on any atom is -0.543 e. The number of carbonyl (C=O) groups excluding carboxylic acids is 2. The van der Waals surface area contributed by atoms with Crippen molar-refractivity contribution in [3.63, 3.8) is 0 Å². The molecule has 23 heavy (non-hydrogen) atoms. The molecule has 0 N–H and O–H groups in total. The summed E-state index contributed by atoms with van der Waals surface area (Å²) >= 11 is 0. The first-order chi connectivity index (χ1) is 10.7. The molecule has 2 aromatic rings. The second kappa shape index (κ2) is 6.02. The van der Waals surface area contributed by atoms with Gasteiger partial charge in [0.2, 0.25) is 0 Å². The molecule has 0 bridgehead atoms. The molecule has 122 valence electrons. The van der Waals surface area contributed by atoms with Crippen LogP contribution in [0.5, 0.6) is 0 Å². The zero-order valence-electron chi connectivity index (χ0n) is 14.0. The van der Waals surface area contributed by atoms with Gasteiger partial charge in [0, 0.05) is 0 Å². The quantitative estimate of drug-likeness (QED) is 0.602. The normalized spacial score (nSPS) is 12.2. The maximum Gasteiger partial charge on any atom is 0.340 e. The molecule has 0 fully saturated rings. The van der Waals surface area contributed by atoms with Crippen molar-refractivity contribution in [1.29, 1.82) is 0 Å². The zero-order chi connectivity index (χ0) is 17.3. The summed E-state index contributed by atoms with van der Waals surface area (Å²) < 4.78 is 4.79. The van der Waals surface area contributed by atoms with Crippen molar-refractivity contribution in [3.05, 3.63) is 24.3 Å². The molecule has 0 aliphatic rings. The monoisotopic (exact) mass is 317 g/mol. The summed E-state index contributed by atoms with van der Waals surface area (Å²) in [5.41, 5.74) is -0.469. The Bertz CT molecular complexity index is 739. The predicted molar refractivity (Wildman–Crippen MR) is 85.9 cm³/mol. The molecule has 0 radical (unpaired) electrons. The summed E-state index contributed by atoms with van der Waals surface area (Å²) in [6.07, 6.45) is 0.276. The Morgan fingerprint density at radius 1 is 1.13 bits per heavy atom. The first-order valence-corrected chi connectivity index (χ1v) is 7.29. The average Bonchev–Trinajstić information content (AvgIpc) is 2.88. The molecule has 0 spiro atoms. The number of hydrogen-bond donors (Lipinski definition) is 0. The fourth-order valence-corrected chi connectivity index (χ4v) is 2.64. The van der Waals surface area contributed by atoms with Crippen LogP contribution in [0, 0.1) is 10.8 Å². The molecule has 0 aliphatic heterocycles. The highest BCUT2D eigenvalue weighted by Crippen LogP contribution is 2.35. The van der Waals surface area contributed by atoms with Gasteiger partial charge in [-0.3, -0.25) is 4.79 Å². The van der Waals surface area contributed by atoms with E-state index in [9.17, 15) is 9.59 Å². The molecule has 8 heteroatoms. The van der Waals surface area contributed by atoms with Gasteiger partial charge < -0.3 is 9.49 Å². The highest BCUT2D eigenvalue weighted by atomic mass is 16.7. The Kier molecular flexibility index (Phi) is 4.45. The zero-order valence-corrected chi connectivity index (χ0v) is 14.0. The maximum atomic E-state index is 12.5. The smallest absolute Gasteiger partial charge is 0.340 e. The van der Waals surface area contributed by atoms with Gasteiger partial charge in [0.15, 0.2) is 0 Å². The van der Waals surface area contributed by atoms with E-state index in [1.165, 1.54) is 8.05 Å². The van der Waals surface area contributed by atoms with Gasteiger partial charge >= 0.3 is 14.0 Å². The topological polar surface area (TPSA) is 83.3 Å². The van der Waals surface area contributed by atoms with Crippen molar-refractivity contribution in [2.24, 2.45) is 10.8 Å². The molecule has 7 nitrogen and oxygen atoms in total. The van der Waals surface area contributed by atoms with Crippen molar-refractivity contribution in [2.75, 3.05) is 0 Å². The van der Waals surface area contributed by atoms with Crippen molar-refractivity contribution >= 4 is 31.0 Å². The largest absolute Gasteiger partial charge is 0.543 e. The van der Waals surface area contributed by atoms with Crippen molar-refractivity contribution in [1.82, 2.24) is 15.2 Å². The van der Waals surface area contributed by atoms with E-state index in [0.29, 0.717) is 11.0 Å². The van der Waals surface area contributed by atoms with Crippen LogP contribution in [0.3, 0.4) is 0 Å². The van der Waals surface area contributed by atoms with Crippen molar-refractivity contribution in [3.8, 4) is 0 Å². The molecule has 1 aromatic carbocycles. The molecular formula is C15H20BN3O4. The van der Waals surface area contributed by atoms with Gasteiger partial charge in [0.05, 0.1) is 10.8 Å². The van der Waals surface area contributed by atoms with Gasteiger partial charge in [0.25, 0.3) is 5.97 Å². The Labute approximate surface area is 135 Å². The van der Waals surface area contributed by atoms with Gasteiger partial charge in [-0.1, -0.05) is 17.0 Å². The van der Waals surface area contributed by atoms with Gasteiger partial charge in [0.1, 0.15) is 11.0 Å². The van der Waals surface area contributed by atoms with Crippen LogP contribution in [0.4, 0.5) is 0 Å². The lowest BCUT2D eigenvalue weighted by Gasteiger charge is -2.30. The number of nitrogens with zero attached hydrogens (tertiary/aromatic N) is 3. The maximum absolute atomic E-state index is 12.5. The van der Waals surface area contributed by atoms with Crippen LogP contribution in [-0.2, 0) is 14.2 Å². The SMILES string of the molecule is BOC(=O)C(C)(C)CC(C)(C)C(=O)On1nnc2ccccc21. The standard InChI is InChI=1S/C15H20BN3O4/c1-14(2,12(20)22-16)9-15(3,4)13(21)23-19-11-8-6-5-7-10(11)17-18-19/h5-8H,9,16H2,1-4H3. The third-order valence-electron chi connectivity index (χ3n) is 3.67. The van der Waals surface area contributed by atoms with Crippen LogP contribution in [0.25, 0.3) is 11.0 Å². The van der Waals surface area contributed by atoms with Crippen LogP contribution in [0.2, 0.25) is 0 Å². The number of rotatable bonds is 5. The number of para-hydroxylation sites is 1. The minimum atomic E-state index is -0.898. The molecule has 0 amide bonds. The van der Waals surface area contributed by atoms with E-state index in [2.05, 4.69) is 10.3 Å². The summed E-state index contributed by atoms with van der Waals surface area (Å²) in [5, 5.41) is 7.76. The number of aromatic nitrogens is 3. The number of benzene rings is 1. The van der Waals surface area contributed by atoms with Gasteiger partial charge in [-0.05, 0) is 51.5 Å². The van der Waals surface area contributed by atoms with Crippen molar-refractivity contribution < 1.29 is 19.1 Å². The van der Waals surface area contributed by atoms with E-state index in [0.717, 1.165) is 4.85 Å². The van der Waals surface area contributed by atoms with E-state index >= 15 is 0 Å². The van der Waals surface area contributed by atoms with Crippen molar-refractivity contribution in [2.45, 2.75) is 34.1 Å². The van der Waals surface area contributed by atoms with E-state index in [1.54, 1.807) is 39.8 Å². The molecule has 0 atom stereocenters. The van der Waals surface area contributed by atoms with Crippen LogP contribution in [0.15, 0.2) is 24.3 Å². The molecule has 1 heterocycles. The summed E-state index contributed by atoms with van der Waals surface area (Å²) in [7, 11) is 1.33. The average molecular weight is 317 g/mol. The van der Waals surface area contributed by atoms with Gasteiger partial charge in [-0.25, -0.2) is 4.79 Å². The fourth-order valence-electron chi connectivity index (χ4n) is 2.64. The predicted octanol–water partition coefficient (Wildman–Crippen LogP) is 0.920. The lowest BCUT2D eigenvalue weighted by Crippen LogP contribution is -2.40. The Morgan fingerprint density at radius 3 is 2.39 bits per heavy atom. The second-order valence-electron chi connectivity index (χ2n) is 6.77. The van der Waals surface area contributed by atoms with E-state index < -0.39 is 16.8 Å². The number of fused-ring (bicyclic) bond motifs is 1. The summed E-state index contributed by atoms with van der Waals surface area (Å²) in [6.45, 7) is 6.91. The number of carbonyl (C=O) groups is 2. The highest BCUT2D eigenvalue weighted by molar-refractivity contribution is 6.06. The molecule has 0 saturated heterocycles. The highest BCUT2D eigenvalue weighted by Gasteiger charge is 2.41. The molecule has 0 unspecified atom stereocenters. The summed E-state index contributed by atoms with van der Waals surface area (Å²) in [6, 6.07) is 7.17. The summed E-state index contributed by atoms with van der Waals surface area (Å²) in [4.78, 5) is 30.8. The summed E-state index contributed by atoms with van der Waals surface area (Å²) in [5.74, 6) is -0.866. The molecule has 2 rings (SSSR count). The fraction of sp³-hybridized carbons (Fsp3) is 0.467. The van der Waals surface area contributed by atoms with E-state index in [4.69, 9.17) is 9.49 Å². The first kappa shape index (κ1) is 17.0. The molecule has 1 aromatic heterocycles. The first-order valence-electron chi connectivity index (χ1n) is 7.29. The van der Waals surface area contributed by atoms with Crippen LogP contribution in [0.1, 0.15) is 34.1 Å². The van der Waals surface area contributed by atoms with Gasteiger partial charge in [-0.2, -0.15) is 0 Å². The minimum absolute atomic E-state index is 0.276. The molecule has 0 saturated carbocycles. The Hall–Kier alpha value is -2.38. The third-order valence-corrected chi connectivity index (χ3v) is 3.67. The van der Waals surface area contributed by atoms with Crippen LogP contribution >= 0.6 is 0 Å².